The summed E-state index contributed by atoms with van der Waals surface area (Å²) in [7, 11) is 4.06. The van der Waals surface area contributed by atoms with Crippen molar-refractivity contribution < 1.29 is 9.53 Å². The standard InChI is InChI=1S/C24H24N2O2/c1-26(2)20(17-10-4-3-5-11-17)16-25-24(27)23-18-12-6-8-14-21(18)28-22-15-9-7-13-19(22)23/h3-15,20,23H,16H2,1-2H3,(H,25,27). The highest BCUT2D eigenvalue weighted by molar-refractivity contribution is 5.89. The maximum Gasteiger partial charge on any atom is 0.232 e. The molecule has 4 rings (SSSR count). The number of hydrogen-bond acceptors (Lipinski definition) is 3. The number of para-hydroxylation sites is 2. The summed E-state index contributed by atoms with van der Waals surface area (Å²) in [6.07, 6.45) is 0. The van der Waals surface area contributed by atoms with Crippen LogP contribution in [0.1, 0.15) is 28.7 Å². The minimum absolute atomic E-state index is 0.00835. The highest BCUT2D eigenvalue weighted by atomic mass is 16.5. The Kier molecular flexibility index (Phi) is 5.13. The molecule has 3 aromatic rings. The molecule has 0 spiro atoms. The van der Waals surface area contributed by atoms with Gasteiger partial charge in [0.2, 0.25) is 5.91 Å². The Morgan fingerprint density at radius 1 is 0.893 bits per heavy atom. The molecular weight excluding hydrogens is 348 g/mol. The molecule has 1 amide bonds. The zero-order valence-electron chi connectivity index (χ0n) is 16.1. The summed E-state index contributed by atoms with van der Waals surface area (Å²) in [5, 5.41) is 3.18. The van der Waals surface area contributed by atoms with Crippen molar-refractivity contribution in [1.29, 1.82) is 0 Å². The molecule has 0 saturated carbocycles. The van der Waals surface area contributed by atoms with Gasteiger partial charge in [-0.05, 0) is 31.8 Å². The Bertz CT molecular complexity index is 924. The van der Waals surface area contributed by atoms with Gasteiger partial charge in [0.05, 0.1) is 12.0 Å². The molecule has 0 bridgehead atoms. The van der Waals surface area contributed by atoms with Gasteiger partial charge in [0.25, 0.3) is 0 Å². The number of rotatable bonds is 5. The first kappa shape index (κ1) is 18.3. The van der Waals surface area contributed by atoms with Gasteiger partial charge in [0, 0.05) is 17.7 Å². The summed E-state index contributed by atoms with van der Waals surface area (Å²) in [5.74, 6) is 1.10. The minimum atomic E-state index is -0.375. The van der Waals surface area contributed by atoms with Crippen LogP contribution in [0.3, 0.4) is 0 Å². The van der Waals surface area contributed by atoms with Crippen LogP contribution in [-0.2, 0) is 4.79 Å². The molecule has 142 valence electrons. The highest BCUT2D eigenvalue weighted by Gasteiger charge is 2.32. The lowest BCUT2D eigenvalue weighted by Gasteiger charge is -2.29. The van der Waals surface area contributed by atoms with Gasteiger partial charge >= 0.3 is 0 Å². The summed E-state index contributed by atoms with van der Waals surface area (Å²) < 4.78 is 6.00. The maximum absolute atomic E-state index is 13.3. The van der Waals surface area contributed by atoms with Crippen LogP contribution in [0.25, 0.3) is 0 Å². The van der Waals surface area contributed by atoms with Crippen LogP contribution in [0.2, 0.25) is 0 Å². The normalized spacial score (nSPS) is 14.0. The van der Waals surface area contributed by atoms with Gasteiger partial charge in [0.1, 0.15) is 11.5 Å². The van der Waals surface area contributed by atoms with E-state index in [-0.39, 0.29) is 17.9 Å². The summed E-state index contributed by atoms with van der Waals surface area (Å²) in [6, 6.07) is 25.9. The van der Waals surface area contributed by atoms with Crippen LogP contribution in [-0.4, -0.2) is 31.4 Å². The summed E-state index contributed by atoms with van der Waals surface area (Å²) >= 11 is 0. The third-order valence-electron chi connectivity index (χ3n) is 5.22. The van der Waals surface area contributed by atoms with Crippen molar-refractivity contribution in [2.24, 2.45) is 0 Å². The molecule has 0 fully saturated rings. The molecule has 1 aliphatic heterocycles. The average Bonchev–Trinajstić information content (AvgIpc) is 2.72. The zero-order valence-corrected chi connectivity index (χ0v) is 16.1. The van der Waals surface area contributed by atoms with Crippen LogP contribution in [0, 0.1) is 0 Å². The van der Waals surface area contributed by atoms with Crippen molar-refractivity contribution in [3.63, 3.8) is 0 Å². The molecule has 1 unspecified atom stereocenters. The van der Waals surface area contributed by atoms with Gasteiger partial charge < -0.3 is 15.0 Å². The third kappa shape index (κ3) is 3.51. The fourth-order valence-corrected chi connectivity index (χ4v) is 3.77. The molecule has 4 heteroatoms. The number of amides is 1. The van der Waals surface area contributed by atoms with Crippen molar-refractivity contribution in [2.45, 2.75) is 12.0 Å². The molecule has 0 saturated heterocycles. The fraction of sp³-hybridized carbons (Fsp3) is 0.208. The van der Waals surface area contributed by atoms with Gasteiger partial charge in [-0.3, -0.25) is 4.79 Å². The highest BCUT2D eigenvalue weighted by Crippen LogP contribution is 2.43. The van der Waals surface area contributed by atoms with Gasteiger partial charge in [-0.15, -0.1) is 0 Å². The Balaban J connectivity index is 1.60. The molecule has 3 aromatic carbocycles. The van der Waals surface area contributed by atoms with Crippen LogP contribution < -0.4 is 10.1 Å². The van der Waals surface area contributed by atoms with Crippen molar-refractivity contribution in [2.75, 3.05) is 20.6 Å². The average molecular weight is 372 g/mol. The SMILES string of the molecule is CN(C)C(CNC(=O)C1c2ccccc2Oc2ccccc21)c1ccccc1. The Hall–Kier alpha value is -3.11. The molecule has 0 radical (unpaired) electrons. The Labute approximate surface area is 165 Å². The number of benzene rings is 3. The molecule has 0 aromatic heterocycles. The zero-order chi connectivity index (χ0) is 19.5. The first-order valence-corrected chi connectivity index (χ1v) is 9.50. The largest absolute Gasteiger partial charge is 0.457 e. The molecular formula is C24H24N2O2. The lowest BCUT2D eigenvalue weighted by atomic mass is 9.87. The Morgan fingerprint density at radius 2 is 1.43 bits per heavy atom. The van der Waals surface area contributed by atoms with E-state index in [0.29, 0.717) is 6.54 Å². The fourth-order valence-electron chi connectivity index (χ4n) is 3.77. The van der Waals surface area contributed by atoms with Gasteiger partial charge in [0.15, 0.2) is 0 Å². The van der Waals surface area contributed by atoms with E-state index >= 15 is 0 Å². The van der Waals surface area contributed by atoms with E-state index in [9.17, 15) is 4.79 Å². The van der Waals surface area contributed by atoms with E-state index in [2.05, 4.69) is 22.3 Å². The molecule has 1 heterocycles. The van der Waals surface area contributed by atoms with E-state index in [1.165, 1.54) is 5.56 Å². The smallest absolute Gasteiger partial charge is 0.232 e. The number of fused-ring (bicyclic) bond motifs is 2. The van der Waals surface area contributed by atoms with Crippen LogP contribution in [0.15, 0.2) is 78.9 Å². The number of ether oxygens (including phenoxy) is 1. The molecule has 1 aliphatic rings. The predicted octanol–water partition coefficient (Wildman–Crippen LogP) is 4.34. The third-order valence-corrected chi connectivity index (χ3v) is 5.22. The lowest BCUT2D eigenvalue weighted by molar-refractivity contribution is -0.122. The number of hydrogen-bond donors (Lipinski definition) is 1. The number of nitrogens with one attached hydrogen (secondary N) is 1. The van der Waals surface area contributed by atoms with Crippen molar-refractivity contribution in [3.05, 3.63) is 95.6 Å². The van der Waals surface area contributed by atoms with Crippen LogP contribution in [0.4, 0.5) is 0 Å². The van der Waals surface area contributed by atoms with E-state index < -0.39 is 0 Å². The van der Waals surface area contributed by atoms with E-state index in [1.54, 1.807) is 0 Å². The van der Waals surface area contributed by atoms with Crippen LogP contribution >= 0.6 is 0 Å². The summed E-state index contributed by atoms with van der Waals surface area (Å²) in [5.41, 5.74) is 2.99. The van der Waals surface area contributed by atoms with E-state index in [0.717, 1.165) is 22.6 Å². The summed E-state index contributed by atoms with van der Waals surface area (Å²) in [6.45, 7) is 0.539. The second-order valence-corrected chi connectivity index (χ2v) is 7.25. The van der Waals surface area contributed by atoms with Crippen molar-refractivity contribution in [1.82, 2.24) is 10.2 Å². The summed E-state index contributed by atoms with van der Waals surface area (Å²) in [4.78, 5) is 15.4. The molecule has 1 atom stereocenters. The van der Waals surface area contributed by atoms with Crippen molar-refractivity contribution >= 4 is 5.91 Å². The molecule has 28 heavy (non-hydrogen) atoms. The predicted molar refractivity (Wildman–Crippen MR) is 111 cm³/mol. The van der Waals surface area contributed by atoms with Crippen molar-refractivity contribution in [3.8, 4) is 11.5 Å². The van der Waals surface area contributed by atoms with Gasteiger partial charge in [-0.25, -0.2) is 0 Å². The number of nitrogens with zero attached hydrogens (tertiary/aromatic N) is 1. The quantitative estimate of drug-likeness (QED) is 0.724. The molecule has 0 aliphatic carbocycles. The number of likely N-dealkylation sites (N-methyl/N-ethyl adjacent to an activating group) is 1. The minimum Gasteiger partial charge on any atom is -0.457 e. The van der Waals surface area contributed by atoms with Gasteiger partial charge in [-0.1, -0.05) is 66.7 Å². The second kappa shape index (κ2) is 7.87. The van der Waals surface area contributed by atoms with Gasteiger partial charge in [-0.2, -0.15) is 0 Å². The topological polar surface area (TPSA) is 41.6 Å². The molecule has 4 nitrogen and oxygen atoms in total. The first-order valence-electron chi connectivity index (χ1n) is 9.50. The number of carbonyl (C=O) groups excluding carboxylic acids is 1. The first-order chi connectivity index (χ1) is 13.6. The number of carbonyl (C=O) groups is 1. The van der Waals surface area contributed by atoms with Crippen LogP contribution in [0.5, 0.6) is 11.5 Å². The van der Waals surface area contributed by atoms with E-state index in [1.807, 2.05) is 80.8 Å². The maximum atomic E-state index is 13.3. The Morgan fingerprint density at radius 3 is 2.00 bits per heavy atom. The lowest BCUT2D eigenvalue weighted by Crippen LogP contribution is -2.38. The monoisotopic (exact) mass is 372 g/mol. The molecule has 1 N–H and O–H groups in total. The van der Waals surface area contributed by atoms with E-state index in [4.69, 9.17) is 4.74 Å². The second-order valence-electron chi connectivity index (χ2n) is 7.25.